The van der Waals surface area contributed by atoms with Gasteiger partial charge in [0.1, 0.15) is 0 Å². The topological polar surface area (TPSA) is 41.1 Å². The van der Waals surface area contributed by atoms with Gasteiger partial charge in [0.15, 0.2) is 0 Å². The molecule has 128 valence electrons. The molecule has 3 rings (SSSR count). The number of rotatable bonds is 3. The summed E-state index contributed by atoms with van der Waals surface area (Å²) in [5.41, 5.74) is 1.22. The Morgan fingerprint density at radius 3 is 2.39 bits per heavy atom. The summed E-state index contributed by atoms with van der Waals surface area (Å²) in [6.45, 7) is 8.74. The molecule has 2 N–H and O–H groups in total. The molecule has 1 atom stereocenters. The Bertz CT molecular complexity index is 547. The van der Waals surface area contributed by atoms with Crippen LogP contribution in [0.4, 0.5) is 5.69 Å². The lowest BCUT2D eigenvalue weighted by Gasteiger charge is -2.23. The maximum atomic E-state index is 12.4. The van der Waals surface area contributed by atoms with Gasteiger partial charge in [-0.2, -0.15) is 0 Å². The second-order valence-electron chi connectivity index (χ2n) is 7.60. The minimum Gasteiger partial charge on any atom is -0.326 e. The summed E-state index contributed by atoms with van der Waals surface area (Å²) in [5, 5.41) is 6.48. The summed E-state index contributed by atoms with van der Waals surface area (Å²) in [6.07, 6.45) is 3.36. The summed E-state index contributed by atoms with van der Waals surface area (Å²) < 4.78 is 0.209. The van der Waals surface area contributed by atoms with Crippen molar-refractivity contribution in [3.8, 4) is 0 Å². The summed E-state index contributed by atoms with van der Waals surface area (Å²) in [4.78, 5) is 13.7. The average molecular weight is 355 g/mol. The number of carbonyl (C=O) groups is 1. The zero-order valence-electron chi connectivity index (χ0n) is 14.1. The SMILES string of the molecule is CC(C)(C)Sc1ccc(NC(=O)C2CC23CCNCC3)cc1.Cl. The summed E-state index contributed by atoms with van der Waals surface area (Å²) in [6, 6.07) is 8.23. The molecule has 23 heavy (non-hydrogen) atoms. The Labute approximate surface area is 149 Å². The fourth-order valence-electron chi connectivity index (χ4n) is 3.38. The smallest absolute Gasteiger partial charge is 0.228 e. The highest BCUT2D eigenvalue weighted by Gasteiger charge is 2.57. The number of hydrogen-bond acceptors (Lipinski definition) is 3. The minimum atomic E-state index is 0. The van der Waals surface area contributed by atoms with E-state index in [4.69, 9.17) is 0 Å². The molecule has 2 aliphatic rings. The Morgan fingerprint density at radius 2 is 1.83 bits per heavy atom. The van der Waals surface area contributed by atoms with Crippen LogP contribution in [0.2, 0.25) is 0 Å². The van der Waals surface area contributed by atoms with Gasteiger partial charge in [-0.15, -0.1) is 24.2 Å². The predicted octanol–water partition coefficient (Wildman–Crippen LogP) is 4.33. The van der Waals surface area contributed by atoms with Crippen LogP contribution in [0.15, 0.2) is 29.2 Å². The number of piperidine rings is 1. The molecule has 1 aromatic rings. The van der Waals surface area contributed by atoms with Crippen LogP contribution in [-0.4, -0.2) is 23.7 Å². The number of hydrogen-bond donors (Lipinski definition) is 2. The monoisotopic (exact) mass is 354 g/mol. The van der Waals surface area contributed by atoms with E-state index in [0.29, 0.717) is 5.41 Å². The number of amides is 1. The van der Waals surface area contributed by atoms with Crippen molar-refractivity contribution in [2.45, 2.75) is 49.7 Å². The van der Waals surface area contributed by atoms with Gasteiger partial charge in [-0.05, 0) is 62.0 Å². The van der Waals surface area contributed by atoms with Crippen LogP contribution in [0.5, 0.6) is 0 Å². The van der Waals surface area contributed by atoms with Gasteiger partial charge < -0.3 is 10.6 Å². The van der Waals surface area contributed by atoms with Crippen molar-refractivity contribution < 1.29 is 4.79 Å². The normalized spacial score (nSPS) is 22.3. The van der Waals surface area contributed by atoms with Crippen LogP contribution in [0.3, 0.4) is 0 Å². The summed E-state index contributed by atoms with van der Waals surface area (Å²) in [5.74, 6) is 0.427. The van der Waals surface area contributed by atoms with Crippen LogP contribution in [0, 0.1) is 11.3 Å². The largest absolute Gasteiger partial charge is 0.326 e. The number of anilines is 1. The van der Waals surface area contributed by atoms with Gasteiger partial charge in [0.2, 0.25) is 5.91 Å². The van der Waals surface area contributed by atoms with Crippen LogP contribution < -0.4 is 10.6 Å². The standard InChI is InChI=1S/C18H26N2OS.ClH/c1-17(2,3)22-14-6-4-13(5-7-14)20-16(21)15-12-18(15)8-10-19-11-9-18;/h4-7,15,19H,8-12H2,1-3H3,(H,20,21);1H. The van der Waals surface area contributed by atoms with E-state index in [1.54, 1.807) is 0 Å². The quantitative estimate of drug-likeness (QED) is 0.794. The molecule has 1 amide bonds. The fourth-order valence-corrected chi connectivity index (χ4v) is 4.36. The maximum Gasteiger partial charge on any atom is 0.228 e. The Morgan fingerprint density at radius 1 is 1.22 bits per heavy atom. The fraction of sp³-hybridized carbons (Fsp3) is 0.611. The van der Waals surface area contributed by atoms with Crippen LogP contribution in [0.1, 0.15) is 40.0 Å². The van der Waals surface area contributed by atoms with Crippen molar-refractivity contribution in [2.75, 3.05) is 18.4 Å². The van der Waals surface area contributed by atoms with Gasteiger partial charge in [0, 0.05) is 21.2 Å². The first kappa shape index (κ1) is 18.6. The third-order valence-electron chi connectivity index (χ3n) is 4.65. The van der Waals surface area contributed by atoms with Gasteiger partial charge in [-0.25, -0.2) is 0 Å². The first-order chi connectivity index (χ1) is 10.4. The number of thioether (sulfide) groups is 1. The maximum absolute atomic E-state index is 12.4. The number of nitrogens with one attached hydrogen (secondary N) is 2. The van der Waals surface area contributed by atoms with E-state index >= 15 is 0 Å². The first-order valence-corrected chi connectivity index (χ1v) is 9.00. The molecule has 1 spiro atoms. The van der Waals surface area contributed by atoms with Crippen molar-refractivity contribution in [2.24, 2.45) is 11.3 Å². The zero-order valence-corrected chi connectivity index (χ0v) is 15.8. The number of halogens is 1. The summed E-state index contributed by atoms with van der Waals surface area (Å²) >= 11 is 1.84. The highest BCUT2D eigenvalue weighted by atomic mass is 35.5. The Balaban J connectivity index is 0.00000192. The molecule has 1 saturated heterocycles. The lowest BCUT2D eigenvalue weighted by molar-refractivity contribution is -0.118. The zero-order chi connectivity index (χ0) is 15.8. The van der Waals surface area contributed by atoms with E-state index in [1.807, 2.05) is 23.9 Å². The molecule has 1 aromatic carbocycles. The second kappa shape index (κ2) is 7.04. The second-order valence-corrected chi connectivity index (χ2v) is 9.50. The van der Waals surface area contributed by atoms with E-state index in [0.717, 1.165) is 38.0 Å². The molecule has 5 heteroatoms. The van der Waals surface area contributed by atoms with Crippen LogP contribution in [0.25, 0.3) is 0 Å². The number of carbonyl (C=O) groups excluding carboxylic acids is 1. The lowest BCUT2D eigenvalue weighted by atomic mass is 9.92. The molecule has 0 radical (unpaired) electrons. The molecule has 1 aliphatic heterocycles. The lowest BCUT2D eigenvalue weighted by Crippen LogP contribution is -2.31. The first-order valence-electron chi connectivity index (χ1n) is 8.19. The molecule has 0 aromatic heterocycles. The van der Waals surface area contributed by atoms with E-state index < -0.39 is 0 Å². The third-order valence-corrected chi connectivity index (χ3v) is 5.77. The van der Waals surface area contributed by atoms with Gasteiger partial charge in [0.25, 0.3) is 0 Å². The van der Waals surface area contributed by atoms with Gasteiger partial charge in [0.05, 0.1) is 0 Å². The van der Waals surface area contributed by atoms with Crippen molar-refractivity contribution in [1.82, 2.24) is 5.32 Å². The van der Waals surface area contributed by atoms with E-state index in [9.17, 15) is 4.79 Å². The van der Waals surface area contributed by atoms with Crippen LogP contribution >= 0.6 is 24.2 Å². The molecular weight excluding hydrogens is 328 g/mol. The average Bonchev–Trinajstić information content (AvgIpc) is 3.14. The van der Waals surface area contributed by atoms with Crippen molar-refractivity contribution in [3.05, 3.63) is 24.3 Å². The molecule has 2 fully saturated rings. The molecule has 1 aliphatic carbocycles. The molecule has 0 bridgehead atoms. The summed E-state index contributed by atoms with van der Waals surface area (Å²) in [7, 11) is 0. The Kier molecular flexibility index (Phi) is 5.70. The van der Waals surface area contributed by atoms with E-state index in [1.165, 1.54) is 4.90 Å². The molecule has 1 heterocycles. The van der Waals surface area contributed by atoms with Gasteiger partial charge >= 0.3 is 0 Å². The molecule has 1 saturated carbocycles. The Hall–Kier alpha value is -0.710. The third kappa shape index (κ3) is 4.65. The minimum absolute atomic E-state index is 0. The highest BCUT2D eigenvalue weighted by Crippen LogP contribution is 2.58. The van der Waals surface area contributed by atoms with E-state index in [-0.39, 0.29) is 29.0 Å². The molecule has 1 unspecified atom stereocenters. The van der Waals surface area contributed by atoms with Crippen molar-refractivity contribution >= 4 is 35.8 Å². The number of benzene rings is 1. The van der Waals surface area contributed by atoms with Gasteiger partial charge in [-0.1, -0.05) is 20.8 Å². The highest BCUT2D eigenvalue weighted by molar-refractivity contribution is 8.00. The molecule has 3 nitrogen and oxygen atoms in total. The van der Waals surface area contributed by atoms with Crippen LogP contribution in [-0.2, 0) is 4.79 Å². The van der Waals surface area contributed by atoms with Gasteiger partial charge in [-0.3, -0.25) is 4.79 Å². The van der Waals surface area contributed by atoms with E-state index in [2.05, 4.69) is 43.5 Å². The predicted molar refractivity (Wildman–Crippen MR) is 101 cm³/mol. The molecular formula is C18H27ClN2OS. The van der Waals surface area contributed by atoms with Crippen molar-refractivity contribution in [3.63, 3.8) is 0 Å². The van der Waals surface area contributed by atoms with Crippen molar-refractivity contribution in [1.29, 1.82) is 0 Å².